The number of benzene rings is 2. The summed E-state index contributed by atoms with van der Waals surface area (Å²) in [4.78, 5) is 12.1. The van der Waals surface area contributed by atoms with Crippen molar-refractivity contribution in [2.45, 2.75) is 19.1 Å². The molecule has 1 N–H and O–H groups in total. The number of nitrogens with zero attached hydrogens (tertiary/aromatic N) is 1. The van der Waals surface area contributed by atoms with E-state index < -0.39 is 0 Å². The molecule has 0 fully saturated rings. The molecule has 0 bridgehead atoms. The quantitative estimate of drug-likeness (QED) is 0.945. The summed E-state index contributed by atoms with van der Waals surface area (Å²) in [5.74, 6) is -0.146. The Morgan fingerprint density at radius 1 is 1.18 bits per heavy atom. The Labute approximate surface area is 129 Å². The molecule has 0 spiro atoms. The lowest BCUT2D eigenvalue weighted by Crippen LogP contribution is -2.36. The van der Waals surface area contributed by atoms with Crippen LogP contribution in [0, 0.1) is 11.3 Å². The third-order valence-electron chi connectivity index (χ3n) is 3.81. The summed E-state index contributed by atoms with van der Waals surface area (Å²) in [5.41, 5.74) is 3.60. The molecule has 1 aliphatic rings. The van der Waals surface area contributed by atoms with Crippen LogP contribution in [0.1, 0.15) is 27.0 Å². The zero-order valence-electron chi connectivity index (χ0n) is 12.1. The van der Waals surface area contributed by atoms with Crippen LogP contribution in [-0.2, 0) is 17.8 Å². The molecule has 0 aromatic heterocycles. The van der Waals surface area contributed by atoms with Gasteiger partial charge in [-0.3, -0.25) is 4.79 Å². The molecule has 1 heterocycles. The fraction of sp³-hybridized carbons (Fsp3) is 0.222. The zero-order valence-corrected chi connectivity index (χ0v) is 12.1. The Morgan fingerprint density at radius 3 is 2.64 bits per heavy atom. The second-order valence-corrected chi connectivity index (χ2v) is 5.31. The molecule has 22 heavy (non-hydrogen) atoms. The number of fused-ring (bicyclic) bond motifs is 1. The van der Waals surface area contributed by atoms with Crippen LogP contribution in [0.2, 0.25) is 0 Å². The summed E-state index contributed by atoms with van der Waals surface area (Å²) in [6.45, 7) is 1.07. The first-order valence-electron chi connectivity index (χ1n) is 7.23. The Morgan fingerprint density at radius 2 is 1.91 bits per heavy atom. The van der Waals surface area contributed by atoms with Crippen molar-refractivity contribution in [3.05, 3.63) is 70.8 Å². The van der Waals surface area contributed by atoms with Crippen LogP contribution in [0.3, 0.4) is 0 Å². The highest BCUT2D eigenvalue weighted by molar-refractivity contribution is 5.94. The number of hydrogen-bond acceptors (Lipinski definition) is 3. The minimum atomic E-state index is -0.146. The standard InChI is InChI=1S/C18H16N2O2/c19-10-13-5-7-14(8-6-13)18(21)20-11-17-9-15-3-1-2-4-16(15)12-22-17/h1-8,17H,9,11-12H2,(H,20,21). The van der Waals surface area contributed by atoms with E-state index in [-0.39, 0.29) is 12.0 Å². The molecule has 1 unspecified atom stereocenters. The van der Waals surface area contributed by atoms with Gasteiger partial charge < -0.3 is 10.1 Å². The smallest absolute Gasteiger partial charge is 0.251 e. The number of amides is 1. The number of ether oxygens (including phenoxy) is 1. The molecule has 2 aromatic rings. The van der Waals surface area contributed by atoms with E-state index in [1.54, 1.807) is 24.3 Å². The first kappa shape index (κ1) is 14.3. The average molecular weight is 292 g/mol. The van der Waals surface area contributed by atoms with E-state index in [4.69, 9.17) is 10.00 Å². The average Bonchev–Trinajstić information content (AvgIpc) is 2.59. The molecule has 0 saturated carbocycles. The van der Waals surface area contributed by atoms with Gasteiger partial charge in [0.1, 0.15) is 0 Å². The van der Waals surface area contributed by atoms with Crippen molar-refractivity contribution in [2.75, 3.05) is 6.54 Å². The molecule has 4 heteroatoms. The van der Waals surface area contributed by atoms with E-state index in [1.165, 1.54) is 11.1 Å². The van der Waals surface area contributed by atoms with Gasteiger partial charge in [-0.05, 0) is 35.4 Å². The highest BCUT2D eigenvalue weighted by atomic mass is 16.5. The van der Waals surface area contributed by atoms with Crippen LogP contribution < -0.4 is 5.32 Å². The second-order valence-electron chi connectivity index (χ2n) is 5.31. The van der Waals surface area contributed by atoms with Crippen molar-refractivity contribution in [1.29, 1.82) is 5.26 Å². The summed E-state index contributed by atoms with van der Waals surface area (Å²) < 4.78 is 5.77. The van der Waals surface area contributed by atoms with E-state index in [9.17, 15) is 4.79 Å². The van der Waals surface area contributed by atoms with Crippen LogP contribution in [-0.4, -0.2) is 18.6 Å². The molecule has 110 valence electrons. The van der Waals surface area contributed by atoms with Gasteiger partial charge in [0, 0.05) is 18.5 Å². The maximum absolute atomic E-state index is 12.1. The predicted molar refractivity (Wildman–Crippen MR) is 82.2 cm³/mol. The molecule has 2 aromatic carbocycles. The largest absolute Gasteiger partial charge is 0.371 e. The van der Waals surface area contributed by atoms with Crippen molar-refractivity contribution in [3.63, 3.8) is 0 Å². The van der Waals surface area contributed by atoms with E-state index in [1.807, 2.05) is 18.2 Å². The lowest BCUT2D eigenvalue weighted by molar-refractivity contribution is 0.0285. The highest BCUT2D eigenvalue weighted by Gasteiger charge is 2.19. The summed E-state index contributed by atoms with van der Waals surface area (Å²) in [6, 6.07) is 16.8. The molecular formula is C18H16N2O2. The monoisotopic (exact) mass is 292 g/mol. The molecular weight excluding hydrogens is 276 g/mol. The number of carbonyl (C=O) groups excluding carboxylic acids is 1. The highest BCUT2D eigenvalue weighted by Crippen LogP contribution is 2.19. The predicted octanol–water partition coefficient (Wildman–Crippen LogP) is 2.43. The number of nitrogens with one attached hydrogen (secondary N) is 1. The summed E-state index contributed by atoms with van der Waals surface area (Å²) in [5, 5.41) is 11.6. The van der Waals surface area contributed by atoms with Gasteiger partial charge in [0.15, 0.2) is 0 Å². The summed E-state index contributed by atoms with van der Waals surface area (Å²) in [7, 11) is 0. The molecule has 1 aliphatic heterocycles. The molecule has 1 amide bonds. The Balaban J connectivity index is 1.57. The molecule has 3 rings (SSSR count). The molecule has 1 atom stereocenters. The van der Waals surface area contributed by atoms with Gasteiger partial charge >= 0.3 is 0 Å². The minimum absolute atomic E-state index is 0.00256. The van der Waals surface area contributed by atoms with E-state index >= 15 is 0 Å². The number of hydrogen-bond donors (Lipinski definition) is 1. The van der Waals surface area contributed by atoms with Crippen molar-refractivity contribution < 1.29 is 9.53 Å². The first-order valence-corrected chi connectivity index (χ1v) is 7.23. The second kappa shape index (κ2) is 6.42. The lowest BCUT2D eigenvalue weighted by Gasteiger charge is -2.25. The SMILES string of the molecule is N#Cc1ccc(C(=O)NCC2Cc3ccccc3CO2)cc1. The Kier molecular flexibility index (Phi) is 4.17. The van der Waals surface area contributed by atoms with E-state index in [0.29, 0.717) is 24.3 Å². The van der Waals surface area contributed by atoms with Crippen molar-refractivity contribution in [3.8, 4) is 6.07 Å². The van der Waals surface area contributed by atoms with Gasteiger partial charge in [0.2, 0.25) is 0 Å². The lowest BCUT2D eigenvalue weighted by atomic mass is 9.99. The maximum atomic E-state index is 12.1. The van der Waals surface area contributed by atoms with Gasteiger partial charge in [-0.1, -0.05) is 24.3 Å². The molecule has 0 saturated heterocycles. The third kappa shape index (κ3) is 3.16. The fourth-order valence-corrected chi connectivity index (χ4v) is 2.55. The van der Waals surface area contributed by atoms with E-state index in [0.717, 1.165) is 6.42 Å². The van der Waals surface area contributed by atoms with Crippen LogP contribution in [0.15, 0.2) is 48.5 Å². The van der Waals surface area contributed by atoms with Gasteiger partial charge in [-0.25, -0.2) is 0 Å². The van der Waals surface area contributed by atoms with Crippen LogP contribution >= 0.6 is 0 Å². The first-order chi connectivity index (χ1) is 10.8. The molecule has 0 radical (unpaired) electrons. The minimum Gasteiger partial charge on any atom is -0.371 e. The van der Waals surface area contributed by atoms with Crippen LogP contribution in [0.4, 0.5) is 0 Å². The van der Waals surface area contributed by atoms with Crippen LogP contribution in [0.5, 0.6) is 0 Å². The van der Waals surface area contributed by atoms with Crippen molar-refractivity contribution in [1.82, 2.24) is 5.32 Å². The topological polar surface area (TPSA) is 62.1 Å². The van der Waals surface area contributed by atoms with Crippen molar-refractivity contribution >= 4 is 5.91 Å². The van der Waals surface area contributed by atoms with Gasteiger partial charge in [-0.2, -0.15) is 5.26 Å². The van der Waals surface area contributed by atoms with Gasteiger partial charge in [0.25, 0.3) is 5.91 Å². The summed E-state index contributed by atoms with van der Waals surface area (Å²) in [6.07, 6.45) is 0.807. The van der Waals surface area contributed by atoms with Crippen molar-refractivity contribution in [2.24, 2.45) is 0 Å². The molecule has 4 nitrogen and oxygen atoms in total. The van der Waals surface area contributed by atoms with Crippen LogP contribution in [0.25, 0.3) is 0 Å². The Hall–Kier alpha value is -2.64. The van der Waals surface area contributed by atoms with E-state index in [2.05, 4.69) is 17.4 Å². The molecule has 0 aliphatic carbocycles. The zero-order chi connectivity index (χ0) is 15.4. The maximum Gasteiger partial charge on any atom is 0.251 e. The van der Waals surface area contributed by atoms with Gasteiger partial charge in [-0.15, -0.1) is 0 Å². The number of nitriles is 1. The van der Waals surface area contributed by atoms with Gasteiger partial charge in [0.05, 0.1) is 24.3 Å². The normalized spacial score (nSPS) is 16.4. The third-order valence-corrected chi connectivity index (χ3v) is 3.81. The summed E-state index contributed by atoms with van der Waals surface area (Å²) >= 11 is 0. The number of carbonyl (C=O) groups is 1. The number of rotatable bonds is 3. The Bertz CT molecular complexity index is 717. The fourth-order valence-electron chi connectivity index (χ4n) is 2.55.